The molecule has 0 aromatic heterocycles. The number of hydrazine groups is 1. The Kier molecular flexibility index (Phi) is 3.34. The molecule has 0 saturated carbocycles. The molecular weight excluding hydrogens is 136 g/mol. The summed E-state index contributed by atoms with van der Waals surface area (Å²) in [6.07, 6.45) is 2.74. The van der Waals surface area contributed by atoms with Gasteiger partial charge in [0.2, 0.25) is 0 Å². The molecule has 1 fully saturated rings. The molecule has 1 heterocycles. The smallest absolute Gasteiger partial charge is 0.0218 e. The van der Waals surface area contributed by atoms with Crippen LogP contribution in [0.2, 0.25) is 0 Å². The molecule has 0 aromatic rings. The summed E-state index contributed by atoms with van der Waals surface area (Å²) in [5.74, 6) is 0. The monoisotopic (exact) mass is 156 g/mol. The molecule has 0 spiro atoms. The highest BCUT2D eigenvalue weighted by atomic mass is 15.6. The summed E-state index contributed by atoms with van der Waals surface area (Å²) >= 11 is 0. The molecule has 2 nitrogen and oxygen atoms in total. The van der Waals surface area contributed by atoms with Crippen LogP contribution in [-0.4, -0.2) is 35.7 Å². The highest BCUT2D eigenvalue weighted by Crippen LogP contribution is 2.18. The average Bonchev–Trinajstić information content (AvgIpc) is 2.40. The van der Waals surface area contributed by atoms with Gasteiger partial charge in [0.25, 0.3) is 0 Å². The molecule has 1 aliphatic rings. The van der Waals surface area contributed by atoms with Crippen LogP contribution in [-0.2, 0) is 0 Å². The lowest BCUT2D eigenvalue weighted by Crippen LogP contribution is -2.44. The lowest BCUT2D eigenvalue weighted by atomic mass is 10.3. The first-order valence-corrected chi connectivity index (χ1v) is 4.81. The molecule has 11 heavy (non-hydrogen) atoms. The van der Waals surface area contributed by atoms with Gasteiger partial charge in [-0.1, -0.05) is 13.8 Å². The van der Waals surface area contributed by atoms with Crippen LogP contribution in [0.4, 0.5) is 0 Å². The topological polar surface area (TPSA) is 6.48 Å². The third-order valence-corrected chi connectivity index (χ3v) is 2.61. The normalized spacial score (nSPS) is 26.7. The quantitative estimate of drug-likeness (QED) is 0.614. The van der Waals surface area contributed by atoms with Crippen LogP contribution in [0, 0.1) is 0 Å². The second-order valence-corrected chi connectivity index (χ2v) is 3.29. The molecule has 0 amide bonds. The minimum absolute atomic E-state index is 0.773. The summed E-state index contributed by atoms with van der Waals surface area (Å²) in [4.78, 5) is 0. The summed E-state index contributed by atoms with van der Waals surface area (Å²) in [6.45, 7) is 10.4. The molecule has 0 aliphatic carbocycles. The van der Waals surface area contributed by atoms with Crippen LogP contribution in [0.3, 0.4) is 0 Å². The van der Waals surface area contributed by atoms with E-state index < -0.39 is 0 Å². The van der Waals surface area contributed by atoms with Crippen LogP contribution in [0.1, 0.15) is 33.6 Å². The van der Waals surface area contributed by atoms with Crippen molar-refractivity contribution in [2.45, 2.75) is 39.7 Å². The summed E-state index contributed by atoms with van der Waals surface area (Å²) in [7, 11) is 0. The lowest BCUT2D eigenvalue weighted by molar-refractivity contribution is -0.0224. The molecule has 0 bridgehead atoms. The summed E-state index contributed by atoms with van der Waals surface area (Å²) in [5.41, 5.74) is 0. The fourth-order valence-corrected chi connectivity index (χ4v) is 1.93. The van der Waals surface area contributed by atoms with Crippen molar-refractivity contribution < 1.29 is 0 Å². The maximum Gasteiger partial charge on any atom is 0.0218 e. The average molecular weight is 156 g/mol. The molecule has 1 rings (SSSR count). The van der Waals surface area contributed by atoms with Gasteiger partial charge < -0.3 is 0 Å². The van der Waals surface area contributed by atoms with E-state index >= 15 is 0 Å². The minimum atomic E-state index is 0.773. The summed E-state index contributed by atoms with van der Waals surface area (Å²) < 4.78 is 0. The minimum Gasteiger partial charge on any atom is -0.242 e. The van der Waals surface area contributed by atoms with Gasteiger partial charge in [-0.15, -0.1) is 0 Å². The largest absolute Gasteiger partial charge is 0.242 e. The van der Waals surface area contributed by atoms with Gasteiger partial charge in [0.15, 0.2) is 0 Å². The van der Waals surface area contributed by atoms with Crippen molar-refractivity contribution in [1.82, 2.24) is 10.0 Å². The highest BCUT2D eigenvalue weighted by Gasteiger charge is 2.23. The van der Waals surface area contributed by atoms with E-state index in [1.54, 1.807) is 0 Å². The fraction of sp³-hybridized carbons (Fsp3) is 1.00. The van der Waals surface area contributed by atoms with Crippen molar-refractivity contribution in [3.8, 4) is 0 Å². The molecule has 0 N–H and O–H groups in total. The number of rotatable bonds is 3. The van der Waals surface area contributed by atoms with Crippen LogP contribution in [0.15, 0.2) is 0 Å². The summed E-state index contributed by atoms with van der Waals surface area (Å²) in [5, 5.41) is 4.96. The molecule has 0 radical (unpaired) electrons. The van der Waals surface area contributed by atoms with E-state index in [1.807, 2.05) is 0 Å². The SMILES string of the molecule is CCN(CC)N1CCCC1C. The third-order valence-electron chi connectivity index (χ3n) is 2.61. The van der Waals surface area contributed by atoms with E-state index in [9.17, 15) is 0 Å². The molecule has 1 atom stereocenters. The Morgan fingerprint density at radius 3 is 2.36 bits per heavy atom. The van der Waals surface area contributed by atoms with Gasteiger partial charge in [-0.3, -0.25) is 0 Å². The number of hydrogen-bond acceptors (Lipinski definition) is 2. The Hall–Kier alpha value is -0.0800. The van der Waals surface area contributed by atoms with Gasteiger partial charge >= 0.3 is 0 Å². The predicted molar refractivity (Wildman–Crippen MR) is 48.3 cm³/mol. The molecule has 0 aromatic carbocycles. The van der Waals surface area contributed by atoms with E-state index in [-0.39, 0.29) is 0 Å². The van der Waals surface area contributed by atoms with E-state index in [1.165, 1.54) is 19.4 Å². The van der Waals surface area contributed by atoms with E-state index in [0.717, 1.165) is 19.1 Å². The van der Waals surface area contributed by atoms with Crippen molar-refractivity contribution in [3.63, 3.8) is 0 Å². The van der Waals surface area contributed by atoms with Gasteiger partial charge in [0.1, 0.15) is 0 Å². The maximum atomic E-state index is 2.51. The van der Waals surface area contributed by atoms with Crippen molar-refractivity contribution in [2.75, 3.05) is 19.6 Å². The van der Waals surface area contributed by atoms with Gasteiger partial charge in [0, 0.05) is 25.7 Å². The molecule has 2 heteroatoms. The van der Waals surface area contributed by atoms with Crippen LogP contribution < -0.4 is 0 Å². The molecule has 1 unspecified atom stereocenters. The fourth-order valence-electron chi connectivity index (χ4n) is 1.93. The number of hydrogen-bond donors (Lipinski definition) is 0. The molecular formula is C9H20N2. The lowest BCUT2D eigenvalue weighted by Gasteiger charge is -2.33. The predicted octanol–water partition coefficient (Wildman–Crippen LogP) is 1.73. The Bertz CT molecular complexity index is 110. The highest BCUT2D eigenvalue weighted by molar-refractivity contribution is 4.72. The van der Waals surface area contributed by atoms with Crippen molar-refractivity contribution in [2.24, 2.45) is 0 Å². The van der Waals surface area contributed by atoms with Crippen LogP contribution >= 0.6 is 0 Å². The van der Waals surface area contributed by atoms with Crippen molar-refractivity contribution in [1.29, 1.82) is 0 Å². The first-order valence-electron chi connectivity index (χ1n) is 4.81. The van der Waals surface area contributed by atoms with E-state index in [2.05, 4.69) is 30.8 Å². The second-order valence-electron chi connectivity index (χ2n) is 3.29. The van der Waals surface area contributed by atoms with Gasteiger partial charge in [-0.25, -0.2) is 10.0 Å². The number of nitrogens with zero attached hydrogens (tertiary/aromatic N) is 2. The Morgan fingerprint density at radius 2 is 2.00 bits per heavy atom. The van der Waals surface area contributed by atoms with Gasteiger partial charge in [0.05, 0.1) is 0 Å². The Labute approximate surface area is 70.1 Å². The van der Waals surface area contributed by atoms with Crippen molar-refractivity contribution >= 4 is 0 Å². The van der Waals surface area contributed by atoms with Gasteiger partial charge in [-0.2, -0.15) is 0 Å². The summed E-state index contributed by atoms with van der Waals surface area (Å²) in [6, 6.07) is 0.773. The van der Waals surface area contributed by atoms with E-state index in [0.29, 0.717) is 0 Å². The first kappa shape index (κ1) is 9.01. The Balaban J connectivity index is 2.43. The zero-order valence-corrected chi connectivity index (χ0v) is 8.01. The van der Waals surface area contributed by atoms with Gasteiger partial charge in [-0.05, 0) is 19.8 Å². The zero-order valence-electron chi connectivity index (χ0n) is 8.01. The third kappa shape index (κ3) is 1.94. The van der Waals surface area contributed by atoms with Crippen molar-refractivity contribution in [3.05, 3.63) is 0 Å². The van der Waals surface area contributed by atoms with Crippen LogP contribution in [0.25, 0.3) is 0 Å². The molecule has 1 saturated heterocycles. The molecule has 1 aliphatic heterocycles. The maximum absolute atomic E-state index is 2.51. The second kappa shape index (κ2) is 4.07. The Morgan fingerprint density at radius 1 is 1.36 bits per heavy atom. The molecule has 66 valence electrons. The first-order chi connectivity index (χ1) is 5.29. The van der Waals surface area contributed by atoms with E-state index in [4.69, 9.17) is 0 Å². The van der Waals surface area contributed by atoms with Crippen LogP contribution in [0.5, 0.6) is 0 Å². The standard InChI is InChI=1S/C9H20N2/c1-4-10(5-2)11-8-6-7-9(11)3/h9H,4-8H2,1-3H3. The zero-order chi connectivity index (χ0) is 8.27.